The lowest BCUT2D eigenvalue weighted by molar-refractivity contribution is 0.340. The van der Waals surface area contributed by atoms with Gasteiger partial charge in [0, 0.05) is 5.54 Å². The number of hydrogen-bond donors (Lipinski definition) is 1. The molecule has 0 spiro atoms. The lowest BCUT2D eigenvalue weighted by atomic mass is 10.1. The Hall–Kier alpha value is -1.02. The molecule has 0 aliphatic carbocycles. The minimum absolute atomic E-state index is 0.192. The maximum absolute atomic E-state index is 5.47. The van der Waals surface area contributed by atoms with Gasteiger partial charge in [0.25, 0.3) is 0 Å². The Kier molecular flexibility index (Phi) is 4.81. The molecule has 0 radical (unpaired) electrons. The molecule has 2 nitrogen and oxygen atoms in total. The van der Waals surface area contributed by atoms with Gasteiger partial charge in [0.2, 0.25) is 0 Å². The number of nitrogens with one attached hydrogen (secondary N) is 1. The maximum atomic E-state index is 5.47. The van der Waals surface area contributed by atoms with Gasteiger partial charge in [0.05, 0.1) is 6.61 Å². The lowest BCUT2D eigenvalue weighted by Crippen LogP contribution is -2.37. The van der Waals surface area contributed by atoms with Crippen molar-refractivity contribution in [2.75, 3.05) is 13.2 Å². The average molecular weight is 221 g/mol. The molecule has 0 unspecified atom stereocenters. The quantitative estimate of drug-likeness (QED) is 0.825. The maximum Gasteiger partial charge on any atom is 0.119 e. The van der Waals surface area contributed by atoms with E-state index in [0.717, 1.165) is 25.3 Å². The summed E-state index contributed by atoms with van der Waals surface area (Å²) in [6.07, 6.45) is 1.04. The fourth-order valence-corrected chi connectivity index (χ4v) is 1.54. The number of rotatable bonds is 5. The lowest BCUT2D eigenvalue weighted by Gasteiger charge is -2.20. The molecule has 1 aromatic carbocycles. The molecule has 0 saturated carbocycles. The normalized spacial score (nSPS) is 11.5. The molecule has 0 saturated heterocycles. The van der Waals surface area contributed by atoms with Gasteiger partial charge in [0.15, 0.2) is 0 Å². The first-order valence-corrected chi connectivity index (χ1v) is 5.98. The van der Waals surface area contributed by atoms with Crippen molar-refractivity contribution in [1.82, 2.24) is 5.32 Å². The topological polar surface area (TPSA) is 21.3 Å². The molecule has 0 heterocycles. The SMILES string of the molecule is CCOc1cccc(CCNC(C)(C)C)c1. The molecule has 0 bridgehead atoms. The van der Waals surface area contributed by atoms with Gasteiger partial charge in [-0.25, -0.2) is 0 Å². The van der Waals surface area contributed by atoms with Crippen LogP contribution >= 0.6 is 0 Å². The minimum atomic E-state index is 0.192. The van der Waals surface area contributed by atoms with E-state index in [1.54, 1.807) is 0 Å². The van der Waals surface area contributed by atoms with E-state index in [9.17, 15) is 0 Å². The van der Waals surface area contributed by atoms with Gasteiger partial charge in [-0.3, -0.25) is 0 Å². The summed E-state index contributed by atoms with van der Waals surface area (Å²) in [5.41, 5.74) is 1.51. The van der Waals surface area contributed by atoms with Crippen molar-refractivity contribution >= 4 is 0 Å². The van der Waals surface area contributed by atoms with E-state index in [-0.39, 0.29) is 5.54 Å². The number of hydrogen-bond acceptors (Lipinski definition) is 2. The molecule has 0 amide bonds. The summed E-state index contributed by atoms with van der Waals surface area (Å²) in [7, 11) is 0. The van der Waals surface area contributed by atoms with Gasteiger partial charge in [0.1, 0.15) is 5.75 Å². The second kappa shape index (κ2) is 5.90. The van der Waals surface area contributed by atoms with Crippen molar-refractivity contribution in [3.8, 4) is 5.75 Å². The standard InChI is InChI=1S/C14H23NO/c1-5-16-13-8-6-7-12(11-13)9-10-15-14(2,3)4/h6-8,11,15H,5,9-10H2,1-4H3. The van der Waals surface area contributed by atoms with Gasteiger partial charge >= 0.3 is 0 Å². The Balaban J connectivity index is 2.44. The van der Waals surface area contributed by atoms with Gasteiger partial charge in [-0.1, -0.05) is 12.1 Å². The largest absolute Gasteiger partial charge is 0.494 e. The third-order valence-electron chi connectivity index (χ3n) is 2.28. The molecular formula is C14H23NO. The van der Waals surface area contributed by atoms with Crippen molar-refractivity contribution in [3.05, 3.63) is 29.8 Å². The predicted octanol–water partition coefficient (Wildman–Crippen LogP) is 3.02. The second-order valence-electron chi connectivity index (χ2n) is 5.01. The molecule has 16 heavy (non-hydrogen) atoms. The molecule has 0 aromatic heterocycles. The van der Waals surface area contributed by atoms with E-state index in [4.69, 9.17) is 4.74 Å². The highest BCUT2D eigenvalue weighted by Crippen LogP contribution is 2.13. The van der Waals surface area contributed by atoms with Crippen LogP contribution in [-0.2, 0) is 6.42 Å². The van der Waals surface area contributed by atoms with Crippen molar-refractivity contribution in [3.63, 3.8) is 0 Å². The van der Waals surface area contributed by atoms with E-state index in [2.05, 4.69) is 44.3 Å². The third kappa shape index (κ3) is 5.17. The van der Waals surface area contributed by atoms with Crippen LogP contribution in [0.15, 0.2) is 24.3 Å². The molecule has 1 rings (SSSR count). The molecule has 90 valence electrons. The Morgan fingerprint density at radius 1 is 1.25 bits per heavy atom. The summed E-state index contributed by atoms with van der Waals surface area (Å²) >= 11 is 0. The van der Waals surface area contributed by atoms with Crippen LogP contribution in [0.4, 0.5) is 0 Å². The first-order chi connectivity index (χ1) is 7.51. The summed E-state index contributed by atoms with van der Waals surface area (Å²) in [4.78, 5) is 0. The first kappa shape index (κ1) is 13.0. The monoisotopic (exact) mass is 221 g/mol. The molecule has 1 N–H and O–H groups in total. The Morgan fingerprint density at radius 3 is 2.62 bits per heavy atom. The van der Waals surface area contributed by atoms with Crippen LogP contribution in [0.5, 0.6) is 5.75 Å². The van der Waals surface area contributed by atoms with Crippen molar-refractivity contribution in [2.45, 2.75) is 39.7 Å². The highest BCUT2D eigenvalue weighted by atomic mass is 16.5. The average Bonchev–Trinajstić information content (AvgIpc) is 2.17. The van der Waals surface area contributed by atoms with Crippen LogP contribution in [0.25, 0.3) is 0 Å². The molecule has 0 aliphatic heterocycles. The highest BCUT2D eigenvalue weighted by molar-refractivity contribution is 5.28. The Bertz CT molecular complexity index is 315. The van der Waals surface area contributed by atoms with Gasteiger partial charge in [-0.05, 0) is 58.4 Å². The van der Waals surface area contributed by atoms with E-state index in [1.807, 2.05) is 13.0 Å². The zero-order valence-electron chi connectivity index (χ0n) is 10.8. The minimum Gasteiger partial charge on any atom is -0.494 e. The fourth-order valence-electron chi connectivity index (χ4n) is 1.54. The summed E-state index contributed by atoms with van der Waals surface area (Å²) < 4.78 is 5.47. The molecule has 0 fully saturated rings. The van der Waals surface area contributed by atoms with E-state index < -0.39 is 0 Å². The first-order valence-electron chi connectivity index (χ1n) is 5.98. The molecular weight excluding hydrogens is 198 g/mol. The summed E-state index contributed by atoms with van der Waals surface area (Å²) in [5, 5.41) is 3.48. The second-order valence-corrected chi connectivity index (χ2v) is 5.01. The zero-order chi connectivity index (χ0) is 12.0. The summed E-state index contributed by atoms with van der Waals surface area (Å²) in [6.45, 7) is 10.3. The van der Waals surface area contributed by atoms with Crippen molar-refractivity contribution < 1.29 is 4.74 Å². The Morgan fingerprint density at radius 2 is 2.00 bits per heavy atom. The van der Waals surface area contributed by atoms with Crippen LogP contribution in [0.2, 0.25) is 0 Å². The molecule has 0 atom stereocenters. The van der Waals surface area contributed by atoms with Crippen LogP contribution < -0.4 is 10.1 Å². The highest BCUT2D eigenvalue weighted by Gasteiger charge is 2.07. The summed E-state index contributed by atoms with van der Waals surface area (Å²) in [5.74, 6) is 0.968. The van der Waals surface area contributed by atoms with Crippen molar-refractivity contribution in [2.24, 2.45) is 0 Å². The predicted molar refractivity (Wildman–Crippen MR) is 69.1 cm³/mol. The van der Waals surface area contributed by atoms with E-state index >= 15 is 0 Å². The zero-order valence-corrected chi connectivity index (χ0v) is 10.8. The van der Waals surface area contributed by atoms with Gasteiger partial charge in [-0.15, -0.1) is 0 Å². The van der Waals surface area contributed by atoms with Crippen molar-refractivity contribution in [1.29, 1.82) is 0 Å². The van der Waals surface area contributed by atoms with Crippen LogP contribution in [0.1, 0.15) is 33.3 Å². The third-order valence-corrected chi connectivity index (χ3v) is 2.28. The number of ether oxygens (including phenoxy) is 1. The number of benzene rings is 1. The van der Waals surface area contributed by atoms with Gasteiger partial charge in [-0.2, -0.15) is 0 Å². The Labute approximate surface area is 99.0 Å². The smallest absolute Gasteiger partial charge is 0.119 e. The van der Waals surface area contributed by atoms with E-state index in [1.165, 1.54) is 5.56 Å². The van der Waals surface area contributed by atoms with Crippen LogP contribution in [-0.4, -0.2) is 18.7 Å². The molecule has 2 heteroatoms. The fraction of sp³-hybridized carbons (Fsp3) is 0.571. The molecule has 0 aliphatic rings. The molecule has 1 aromatic rings. The van der Waals surface area contributed by atoms with E-state index in [0.29, 0.717) is 0 Å². The summed E-state index contributed by atoms with van der Waals surface area (Å²) in [6, 6.07) is 8.32. The van der Waals surface area contributed by atoms with Gasteiger partial charge < -0.3 is 10.1 Å². The van der Waals surface area contributed by atoms with Crippen LogP contribution in [0, 0.1) is 0 Å². The van der Waals surface area contributed by atoms with Crippen LogP contribution in [0.3, 0.4) is 0 Å².